The maximum Gasteiger partial charge on any atom is 0.214 e. The topological polar surface area (TPSA) is 78.2 Å². The van der Waals surface area contributed by atoms with Crippen LogP contribution in [0.25, 0.3) is 0 Å². The Morgan fingerprint density at radius 3 is 3.00 bits per heavy atom. The lowest BCUT2D eigenvalue weighted by Crippen LogP contribution is -1.88. The van der Waals surface area contributed by atoms with Gasteiger partial charge in [0.2, 0.25) is 5.16 Å². The van der Waals surface area contributed by atoms with Crippen molar-refractivity contribution in [1.29, 1.82) is 5.26 Å². The molecule has 21 heavy (non-hydrogen) atoms. The zero-order valence-electron chi connectivity index (χ0n) is 10.6. The maximum atomic E-state index is 8.91. The highest BCUT2D eigenvalue weighted by Gasteiger charge is 2.09. The number of hydrogen-bond donors (Lipinski definition) is 1. The molecule has 0 aliphatic heterocycles. The number of aromatic nitrogens is 4. The second-order valence-corrected chi connectivity index (χ2v) is 6.44. The van der Waals surface area contributed by atoms with Crippen LogP contribution >= 0.6 is 34.7 Å². The lowest BCUT2D eigenvalue weighted by atomic mass is 10.3. The van der Waals surface area contributed by atoms with E-state index in [1.54, 1.807) is 23.5 Å². The van der Waals surface area contributed by atoms with E-state index in [2.05, 4.69) is 26.2 Å². The molecule has 0 radical (unpaired) electrons. The van der Waals surface area contributed by atoms with Gasteiger partial charge < -0.3 is 0 Å². The number of halogens is 1. The van der Waals surface area contributed by atoms with Crippen LogP contribution < -0.4 is 0 Å². The van der Waals surface area contributed by atoms with E-state index in [-0.39, 0.29) is 5.69 Å². The smallest absolute Gasteiger partial charge is 0.214 e. The Morgan fingerprint density at radius 2 is 2.24 bits per heavy atom. The molecule has 0 aliphatic rings. The second-order valence-electron chi connectivity index (χ2n) is 4.01. The van der Waals surface area contributed by atoms with Gasteiger partial charge in [-0.1, -0.05) is 17.7 Å². The van der Waals surface area contributed by atoms with Gasteiger partial charge in [0.05, 0.1) is 5.02 Å². The molecule has 3 aromatic rings. The molecule has 3 rings (SSSR count). The van der Waals surface area contributed by atoms with Gasteiger partial charge in [-0.3, -0.25) is 5.10 Å². The summed E-state index contributed by atoms with van der Waals surface area (Å²) in [5.41, 5.74) is 0.205. The fourth-order valence-corrected chi connectivity index (χ4v) is 3.20. The Balaban J connectivity index is 1.74. The van der Waals surface area contributed by atoms with Gasteiger partial charge in [0.1, 0.15) is 16.9 Å². The average molecular weight is 334 g/mol. The molecule has 0 bridgehead atoms. The molecule has 0 fully saturated rings. The Bertz CT molecular complexity index is 791. The van der Waals surface area contributed by atoms with Gasteiger partial charge in [0.25, 0.3) is 0 Å². The first kappa shape index (κ1) is 14.1. The normalized spacial score (nSPS) is 10.5. The van der Waals surface area contributed by atoms with Gasteiger partial charge in [-0.15, -0.1) is 16.4 Å². The van der Waals surface area contributed by atoms with Crippen LogP contribution in [0, 0.1) is 11.3 Å². The minimum absolute atomic E-state index is 0.205. The van der Waals surface area contributed by atoms with Crippen molar-refractivity contribution in [3.05, 3.63) is 51.1 Å². The Morgan fingerprint density at radius 1 is 1.33 bits per heavy atom. The molecule has 0 unspecified atom stereocenters. The fourth-order valence-electron chi connectivity index (χ4n) is 1.63. The first-order valence-corrected chi connectivity index (χ1v) is 8.00. The monoisotopic (exact) mass is 333 g/mol. The number of pyridine rings is 1. The fraction of sp³-hybridized carbons (Fsp3) is 0.0769. The highest BCUT2D eigenvalue weighted by atomic mass is 35.5. The standard InChI is InChI=1S/C13H8ClN5S2/c14-9-3-4-12(16-10(9)7-15)21-13-17-11(18-19-13)6-8-2-1-5-20-8/h1-5H,6H2,(H,17,18,19). The molecule has 5 nitrogen and oxygen atoms in total. The molecule has 0 aliphatic carbocycles. The molecule has 3 heterocycles. The first-order chi connectivity index (χ1) is 10.2. The Hall–Kier alpha value is -1.88. The molecule has 0 spiro atoms. The molecular weight excluding hydrogens is 326 g/mol. The van der Waals surface area contributed by atoms with Crippen molar-refractivity contribution in [3.8, 4) is 6.07 Å². The van der Waals surface area contributed by atoms with Gasteiger partial charge >= 0.3 is 0 Å². The third-order valence-electron chi connectivity index (χ3n) is 2.56. The van der Waals surface area contributed by atoms with Crippen LogP contribution in [0.1, 0.15) is 16.4 Å². The third kappa shape index (κ3) is 3.42. The van der Waals surface area contributed by atoms with E-state index in [1.165, 1.54) is 16.6 Å². The zero-order chi connectivity index (χ0) is 14.7. The molecular formula is C13H8ClN5S2. The molecule has 1 N–H and O–H groups in total. The van der Waals surface area contributed by atoms with Crippen molar-refractivity contribution in [2.24, 2.45) is 0 Å². The van der Waals surface area contributed by atoms with E-state index in [4.69, 9.17) is 16.9 Å². The summed E-state index contributed by atoms with van der Waals surface area (Å²) >= 11 is 8.82. The predicted octanol–water partition coefficient (Wildman–Crippen LogP) is 3.53. The van der Waals surface area contributed by atoms with Crippen molar-refractivity contribution in [3.63, 3.8) is 0 Å². The van der Waals surface area contributed by atoms with Crippen LogP contribution in [-0.2, 0) is 6.42 Å². The summed E-state index contributed by atoms with van der Waals surface area (Å²) in [6.45, 7) is 0. The largest absolute Gasteiger partial charge is 0.262 e. The van der Waals surface area contributed by atoms with Gasteiger partial charge in [-0.2, -0.15) is 5.26 Å². The second kappa shape index (κ2) is 6.26. The SMILES string of the molecule is N#Cc1nc(Sc2n[nH]c(Cc3cccs3)n2)ccc1Cl. The van der Waals surface area contributed by atoms with Crippen LogP contribution in [0.3, 0.4) is 0 Å². The van der Waals surface area contributed by atoms with Crippen molar-refractivity contribution in [2.75, 3.05) is 0 Å². The minimum atomic E-state index is 0.205. The Kier molecular flexibility index (Phi) is 4.20. The van der Waals surface area contributed by atoms with Crippen LogP contribution in [0.2, 0.25) is 5.02 Å². The summed E-state index contributed by atoms with van der Waals surface area (Å²) in [6, 6.07) is 9.40. The van der Waals surface area contributed by atoms with Crippen molar-refractivity contribution in [2.45, 2.75) is 16.6 Å². The van der Waals surface area contributed by atoms with E-state index < -0.39 is 0 Å². The summed E-state index contributed by atoms with van der Waals surface area (Å²) in [7, 11) is 0. The number of nitrogens with one attached hydrogen (secondary N) is 1. The van der Waals surface area contributed by atoms with Gasteiger partial charge in [-0.05, 0) is 35.3 Å². The van der Waals surface area contributed by atoms with E-state index in [1.807, 2.05) is 17.5 Å². The number of thiophene rings is 1. The molecule has 0 aromatic carbocycles. The number of nitrogens with zero attached hydrogens (tertiary/aromatic N) is 4. The van der Waals surface area contributed by atoms with Crippen LogP contribution in [0.15, 0.2) is 39.8 Å². The first-order valence-electron chi connectivity index (χ1n) is 5.93. The van der Waals surface area contributed by atoms with E-state index >= 15 is 0 Å². The van der Waals surface area contributed by atoms with Crippen LogP contribution in [0.4, 0.5) is 0 Å². The van der Waals surface area contributed by atoms with Gasteiger partial charge in [0, 0.05) is 11.3 Å². The van der Waals surface area contributed by atoms with Crippen molar-refractivity contribution >= 4 is 34.7 Å². The summed E-state index contributed by atoms with van der Waals surface area (Å²) in [4.78, 5) is 9.78. The number of rotatable bonds is 4. The Labute approximate surface area is 134 Å². The zero-order valence-corrected chi connectivity index (χ0v) is 13.0. The summed E-state index contributed by atoms with van der Waals surface area (Å²) in [5, 5.41) is 19.5. The average Bonchev–Trinajstić information content (AvgIpc) is 3.14. The number of aromatic amines is 1. The van der Waals surface area contributed by atoms with E-state index in [9.17, 15) is 0 Å². The van der Waals surface area contributed by atoms with E-state index in [0.29, 0.717) is 15.2 Å². The number of H-pyrrole nitrogens is 1. The third-order valence-corrected chi connectivity index (χ3v) is 4.54. The van der Waals surface area contributed by atoms with Crippen molar-refractivity contribution < 1.29 is 0 Å². The summed E-state index contributed by atoms with van der Waals surface area (Å²) in [5.74, 6) is 0.800. The maximum absolute atomic E-state index is 8.91. The van der Waals surface area contributed by atoms with Crippen LogP contribution in [-0.4, -0.2) is 20.2 Å². The van der Waals surface area contributed by atoms with Gasteiger partial charge in [-0.25, -0.2) is 9.97 Å². The summed E-state index contributed by atoms with van der Waals surface area (Å²) < 4.78 is 0. The molecule has 0 amide bonds. The highest BCUT2D eigenvalue weighted by molar-refractivity contribution is 7.99. The predicted molar refractivity (Wildman–Crippen MR) is 81.6 cm³/mol. The van der Waals surface area contributed by atoms with E-state index in [0.717, 1.165) is 12.2 Å². The molecule has 104 valence electrons. The van der Waals surface area contributed by atoms with Gasteiger partial charge in [0.15, 0.2) is 5.69 Å². The quantitative estimate of drug-likeness (QED) is 0.790. The number of hydrogen-bond acceptors (Lipinski definition) is 6. The van der Waals surface area contributed by atoms with Crippen LogP contribution in [0.5, 0.6) is 0 Å². The molecule has 3 aromatic heterocycles. The lowest BCUT2D eigenvalue weighted by molar-refractivity contribution is 0.956. The van der Waals surface area contributed by atoms with Crippen molar-refractivity contribution in [1.82, 2.24) is 20.2 Å². The number of nitriles is 1. The molecule has 0 saturated carbocycles. The molecule has 0 atom stereocenters. The summed E-state index contributed by atoms with van der Waals surface area (Å²) in [6.07, 6.45) is 0.725. The highest BCUT2D eigenvalue weighted by Crippen LogP contribution is 2.25. The minimum Gasteiger partial charge on any atom is -0.262 e. The lowest BCUT2D eigenvalue weighted by Gasteiger charge is -1.98. The molecule has 0 saturated heterocycles. The molecule has 8 heteroatoms.